The molecule has 0 saturated carbocycles. The minimum atomic E-state index is 0.629. The van der Waals surface area contributed by atoms with Crippen molar-refractivity contribution in [3.8, 4) is 90.1 Å². The van der Waals surface area contributed by atoms with Gasteiger partial charge in [0.2, 0.25) is 0 Å². The van der Waals surface area contributed by atoms with Crippen LogP contribution in [0, 0.1) is 0 Å². The number of rotatable bonds is 8. The molecular formula is C56H37N5. The Labute approximate surface area is 354 Å². The van der Waals surface area contributed by atoms with Crippen LogP contribution in [0.5, 0.6) is 0 Å². The fourth-order valence-corrected chi connectivity index (χ4v) is 8.26. The molecule has 3 heterocycles. The van der Waals surface area contributed by atoms with Gasteiger partial charge in [-0.1, -0.05) is 200 Å². The van der Waals surface area contributed by atoms with Crippen molar-refractivity contribution in [2.24, 2.45) is 0 Å². The normalized spacial score (nSPS) is 11.3. The first-order valence-corrected chi connectivity index (χ1v) is 20.5. The van der Waals surface area contributed by atoms with E-state index in [0.29, 0.717) is 17.5 Å². The van der Waals surface area contributed by atoms with E-state index in [1.807, 2.05) is 60.7 Å². The molecule has 0 atom stereocenters. The molecule has 0 aliphatic heterocycles. The van der Waals surface area contributed by atoms with Crippen molar-refractivity contribution in [2.45, 2.75) is 0 Å². The molecule has 11 aromatic rings. The number of fused-ring (bicyclic) bond motifs is 3. The van der Waals surface area contributed by atoms with Gasteiger partial charge < -0.3 is 0 Å². The second-order valence-corrected chi connectivity index (χ2v) is 15.1. The number of pyridine rings is 1. The topological polar surface area (TPSA) is 56.0 Å². The quantitative estimate of drug-likeness (QED) is 0.154. The maximum atomic E-state index is 5.42. The summed E-state index contributed by atoms with van der Waals surface area (Å²) in [5.41, 5.74) is 14.7. The molecule has 0 aliphatic carbocycles. The van der Waals surface area contributed by atoms with E-state index in [9.17, 15) is 0 Å². The Bertz CT molecular complexity index is 3270. The lowest BCUT2D eigenvalue weighted by molar-refractivity contribution is 0.979. The first kappa shape index (κ1) is 35.8. The van der Waals surface area contributed by atoms with E-state index in [1.54, 1.807) is 0 Å². The lowest BCUT2D eigenvalue weighted by Gasteiger charge is -2.13. The summed E-state index contributed by atoms with van der Waals surface area (Å²) in [6.45, 7) is 0. The largest absolute Gasteiger partial charge is 0.231 e. The fraction of sp³-hybridized carbons (Fsp3) is 0. The fourth-order valence-electron chi connectivity index (χ4n) is 8.26. The molecule has 5 nitrogen and oxygen atoms in total. The highest BCUT2D eigenvalue weighted by Crippen LogP contribution is 2.42. The maximum Gasteiger partial charge on any atom is 0.164 e. The SMILES string of the molecule is c1ccc(-c2nc(-c3ccccc3)nc(-c3cccc(-c4cccc(-c5ccc6cc(-c7ccccc7)n7nc(-c8ccccc8)c(-c8ccccc8)c7c6c5)c4)c3)n2)cc1. The Kier molecular flexibility index (Phi) is 9.10. The van der Waals surface area contributed by atoms with E-state index < -0.39 is 0 Å². The van der Waals surface area contributed by atoms with Crippen molar-refractivity contribution in [1.29, 1.82) is 0 Å². The minimum absolute atomic E-state index is 0.629. The van der Waals surface area contributed by atoms with Crippen LogP contribution in [0.15, 0.2) is 224 Å². The van der Waals surface area contributed by atoms with E-state index in [-0.39, 0.29) is 0 Å². The molecule has 3 aromatic heterocycles. The summed E-state index contributed by atoms with van der Waals surface area (Å²) in [6, 6.07) is 78.3. The molecule has 0 bridgehead atoms. The van der Waals surface area contributed by atoms with E-state index in [0.717, 1.165) is 88.9 Å². The summed E-state index contributed by atoms with van der Waals surface area (Å²) in [6.07, 6.45) is 0. The zero-order valence-electron chi connectivity index (χ0n) is 33.1. The van der Waals surface area contributed by atoms with Gasteiger partial charge in [0.1, 0.15) is 5.69 Å². The molecule has 0 fully saturated rings. The lowest BCUT2D eigenvalue weighted by atomic mass is 9.94. The first-order chi connectivity index (χ1) is 30.2. The van der Waals surface area contributed by atoms with Crippen LogP contribution < -0.4 is 0 Å². The summed E-state index contributed by atoms with van der Waals surface area (Å²) in [5.74, 6) is 1.91. The Morgan fingerprint density at radius 2 is 0.705 bits per heavy atom. The monoisotopic (exact) mass is 779 g/mol. The molecule has 8 aromatic carbocycles. The molecule has 0 spiro atoms. The van der Waals surface area contributed by atoms with Gasteiger partial charge in [0.05, 0.1) is 11.2 Å². The predicted molar refractivity (Wildman–Crippen MR) is 250 cm³/mol. The van der Waals surface area contributed by atoms with Gasteiger partial charge in [-0.15, -0.1) is 0 Å². The number of hydrogen-bond acceptors (Lipinski definition) is 4. The molecule has 0 N–H and O–H groups in total. The highest BCUT2D eigenvalue weighted by atomic mass is 15.2. The first-order valence-electron chi connectivity index (χ1n) is 20.5. The third kappa shape index (κ3) is 6.84. The van der Waals surface area contributed by atoms with Crippen LogP contribution in [0.1, 0.15) is 0 Å². The van der Waals surface area contributed by atoms with E-state index in [2.05, 4.69) is 168 Å². The molecule has 0 unspecified atom stereocenters. The van der Waals surface area contributed by atoms with Crippen molar-refractivity contribution in [3.05, 3.63) is 224 Å². The predicted octanol–water partition coefficient (Wildman–Crippen LogP) is 14.0. The average molecular weight is 780 g/mol. The maximum absolute atomic E-state index is 5.42. The van der Waals surface area contributed by atoms with Crippen LogP contribution >= 0.6 is 0 Å². The van der Waals surface area contributed by atoms with Crippen LogP contribution in [0.25, 0.3) is 106 Å². The van der Waals surface area contributed by atoms with Gasteiger partial charge in [-0.2, -0.15) is 5.10 Å². The molecule has 11 rings (SSSR count). The number of hydrogen-bond donors (Lipinski definition) is 0. The summed E-state index contributed by atoms with van der Waals surface area (Å²) in [4.78, 5) is 14.9. The Hall–Kier alpha value is -8.28. The van der Waals surface area contributed by atoms with Gasteiger partial charge in [-0.25, -0.2) is 19.5 Å². The van der Waals surface area contributed by atoms with Crippen molar-refractivity contribution in [2.75, 3.05) is 0 Å². The van der Waals surface area contributed by atoms with Gasteiger partial charge >= 0.3 is 0 Å². The molecule has 61 heavy (non-hydrogen) atoms. The van der Waals surface area contributed by atoms with Gasteiger partial charge in [-0.05, 0) is 57.5 Å². The van der Waals surface area contributed by atoms with Crippen molar-refractivity contribution in [1.82, 2.24) is 24.6 Å². The van der Waals surface area contributed by atoms with Crippen LogP contribution in [-0.2, 0) is 0 Å². The Morgan fingerprint density at radius 1 is 0.295 bits per heavy atom. The molecule has 0 aliphatic rings. The average Bonchev–Trinajstić information content (AvgIpc) is 3.76. The summed E-state index contributed by atoms with van der Waals surface area (Å²) in [5, 5.41) is 7.71. The zero-order chi connectivity index (χ0) is 40.5. The van der Waals surface area contributed by atoms with Crippen LogP contribution in [0.3, 0.4) is 0 Å². The Morgan fingerprint density at radius 3 is 1.25 bits per heavy atom. The van der Waals surface area contributed by atoms with E-state index in [4.69, 9.17) is 20.1 Å². The lowest BCUT2D eigenvalue weighted by Crippen LogP contribution is -2.00. The third-order valence-electron chi connectivity index (χ3n) is 11.2. The number of nitrogens with zero attached hydrogens (tertiary/aromatic N) is 5. The summed E-state index contributed by atoms with van der Waals surface area (Å²) >= 11 is 0. The van der Waals surface area contributed by atoms with E-state index >= 15 is 0 Å². The van der Waals surface area contributed by atoms with Crippen molar-refractivity contribution >= 4 is 16.3 Å². The highest BCUT2D eigenvalue weighted by molar-refractivity contribution is 6.09. The van der Waals surface area contributed by atoms with Crippen LogP contribution in [0.2, 0.25) is 0 Å². The van der Waals surface area contributed by atoms with Crippen LogP contribution in [0.4, 0.5) is 0 Å². The number of aromatic nitrogens is 5. The third-order valence-corrected chi connectivity index (χ3v) is 11.2. The molecule has 5 heteroatoms. The van der Waals surface area contributed by atoms with Crippen molar-refractivity contribution < 1.29 is 0 Å². The van der Waals surface area contributed by atoms with Crippen LogP contribution in [-0.4, -0.2) is 24.6 Å². The van der Waals surface area contributed by atoms with Crippen molar-refractivity contribution in [3.63, 3.8) is 0 Å². The van der Waals surface area contributed by atoms with Gasteiger partial charge in [0.25, 0.3) is 0 Å². The summed E-state index contributed by atoms with van der Waals surface area (Å²) < 4.78 is 2.15. The highest BCUT2D eigenvalue weighted by Gasteiger charge is 2.22. The second kappa shape index (κ2) is 15.5. The molecule has 0 saturated heterocycles. The molecule has 286 valence electrons. The van der Waals surface area contributed by atoms with Gasteiger partial charge in [0, 0.05) is 38.8 Å². The Balaban J connectivity index is 1.05. The molecular weight excluding hydrogens is 743 g/mol. The number of benzene rings is 8. The molecule has 0 radical (unpaired) electrons. The van der Waals surface area contributed by atoms with Gasteiger partial charge in [0.15, 0.2) is 17.5 Å². The minimum Gasteiger partial charge on any atom is -0.231 e. The second-order valence-electron chi connectivity index (χ2n) is 15.1. The van der Waals surface area contributed by atoms with Gasteiger partial charge in [-0.3, -0.25) is 0 Å². The molecule has 0 amide bonds. The standard InChI is InChI=1S/C56H37N5/c1-6-18-38(19-7-1)50-37-47-33-32-46(36-49(47)53-51(39-20-8-2-9-21-39)52(60-61(50)53)40-22-10-3-11-23-40)44-29-16-28-43(34-44)45-30-17-31-48(35-45)56-58-54(41-24-12-4-13-25-41)57-55(59-56)42-26-14-5-15-27-42/h1-37H. The summed E-state index contributed by atoms with van der Waals surface area (Å²) in [7, 11) is 0. The van der Waals surface area contributed by atoms with E-state index in [1.165, 1.54) is 0 Å². The zero-order valence-corrected chi connectivity index (χ0v) is 33.1. The smallest absolute Gasteiger partial charge is 0.164 e.